The Labute approximate surface area is 79.0 Å². The van der Waals surface area contributed by atoms with Crippen molar-refractivity contribution in [3.05, 3.63) is 0 Å². The molecule has 0 aromatic rings. The molecule has 0 aliphatic carbocycles. The summed E-state index contributed by atoms with van der Waals surface area (Å²) in [5.41, 5.74) is 0. The molecule has 3 atom stereocenters. The summed E-state index contributed by atoms with van der Waals surface area (Å²) in [6.07, 6.45) is 2.22. The molecule has 0 aromatic heterocycles. The van der Waals surface area contributed by atoms with Crippen LogP contribution in [0.5, 0.6) is 0 Å². The van der Waals surface area contributed by atoms with Gasteiger partial charge >= 0.3 is 5.97 Å². The molecule has 2 heterocycles. The lowest BCUT2D eigenvalue weighted by atomic mass is 10.1. The average molecular weight is 183 g/mol. The normalized spacial score (nSPS) is 41.1. The van der Waals surface area contributed by atoms with Gasteiger partial charge in [0.25, 0.3) is 0 Å². The molecule has 74 valence electrons. The number of carbonyl (C=O) groups excluding carboxylic acids is 1. The smallest absolute Gasteiger partial charge is 0.323 e. The minimum absolute atomic E-state index is 0.0124. The lowest BCUT2D eigenvalue weighted by Crippen LogP contribution is -2.36. The maximum Gasteiger partial charge on any atom is 0.323 e. The number of cyclic esters (lactones) is 1. The SMILES string of the molecule is CC1CCN(C2CC(C)OC2=O)C1. The highest BCUT2D eigenvalue weighted by atomic mass is 16.6. The summed E-state index contributed by atoms with van der Waals surface area (Å²) in [7, 11) is 0. The zero-order valence-electron chi connectivity index (χ0n) is 8.32. The van der Waals surface area contributed by atoms with Gasteiger partial charge in [-0.3, -0.25) is 9.69 Å². The van der Waals surface area contributed by atoms with E-state index in [1.807, 2.05) is 6.92 Å². The van der Waals surface area contributed by atoms with E-state index in [2.05, 4.69) is 11.8 Å². The minimum atomic E-state index is -0.0124. The molecular formula is C10H17NO2. The van der Waals surface area contributed by atoms with Crippen molar-refractivity contribution in [1.82, 2.24) is 4.90 Å². The van der Waals surface area contributed by atoms with E-state index in [0.29, 0.717) is 0 Å². The van der Waals surface area contributed by atoms with Gasteiger partial charge in [-0.05, 0) is 25.8 Å². The number of rotatable bonds is 1. The van der Waals surface area contributed by atoms with Gasteiger partial charge in [0.1, 0.15) is 12.1 Å². The Hall–Kier alpha value is -0.570. The molecule has 3 heteroatoms. The third kappa shape index (κ3) is 1.70. The number of ether oxygens (including phenoxy) is 1. The highest BCUT2D eigenvalue weighted by Crippen LogP contribution is 2.25. The largest absolute Gasteiger partial charge is 0.461 e. The van der Waals surface area contributed by atoms with Crippen molar-refractivity contribution in [2.24, 2.45) is 5.92 Å². The van der Waals surface area contributed by atoms with E-state index in [4.69, 9.17) is 4.74 Å². The van der Waals surface area contributed by atoms with Gasteiger partial charge in [-0.1, -0.05) is 6.92 Å². The Morgan fingerprint density at radius 1 is 1.46 bits per heavy atom. The molecule has 0 N–H and O–H groups in total. The molecule has 3 nitrogen and oxygen atoms in total. The molecule has 0 amide bonds. The fourth-order valence-electron chi connectivity index (χ4n) is 2.29. The van der Waals surface area contributed by atoms with E-state index in [1.165, 1.54) is 6.42 Å². The first kappa shape index (κ1) is 9.00. The van der Waals surface area contributed by atoms with Crippen molar-refractivity contribution in [1.29, 1.82) is 0 Å². The van der Waals surface area contributed by atoms with Gasteiger partial charge < -0.3 is 4.74 Å². The summed E-state index contributed by atoms with van der Waals surface area (Å²) < 4.78 is 5.14. The summed E-state index contributed by atoms with van der Waals surface area (Å²) in [6.45, 7) is 6.33. The quantitative estimate of drug-likeness (QED) is 0.569. The number of hydrogen-bond donors (Lipinski definition) is 0. The Bertz CT molecular complexity index is 217. The molecular weight excluding hydrogens is 166 g/mol. The monoisotopic (exact) mass is 183 g/mol. The topological polar surface area (TPSA) is 29.5 Å². The van der Waals surface area contributed by atoms with E-state index < -0.39 is 0 Å². The fourth-order valence-corrected chi connectivity index (χ4v) is 2.29. The second kappa shape index (κ2) is 3.29. The van der Waals surface area contributed by atoms with Crippen LogP contribution in [0.15, 0.2) is 0 Å². The Balaban J connectivity index is 1.97. The first-order valence-electron chi connectivity index (χ1n) is 5.11. The van der Waals surface area contributed by atoms with Gasteiger partial charge in [-0.25, -0.2) is 0 Å². The number of nitrogens with zero attached hydrogens (tertiary/aromatic N) is 1. The predicted molar refractivity (Wildman–Crippen MR) is 49.3 cm³/mol. The lowest BCUT2D eigenvalue weighted by molar-refractivity contribution is -0.144. The van der Waals surface area contributed by atoms with Crippen LogP contribution >= 0.6 is 0 Å². The van der Waals surface area contributed by atoms with Crippen molar-refractivity contribution in [2.75, 3.05) is 13.1 Å². The molecule has 13 heavy (non-hydrogen) atoms. The van der Waals surface area contributed by atoms with E-state index in [0.717, 1.165) is 25.4 Å². The van der Waals surface area contributed by atoms with Crippen LogP contribution in [0.1, 0.15) is 26.7 Å². The molecule has 0 aromatic carbocycles. The number of carbonyl (C=O) groups is 1. The van der Waals surface area contributed by atoms with E-state index in [-0.39, 0.29) is 18.1 Å². The maximum atomic E-state index is 11.4. The van der Waals surface area contributed by atoms with E-state index in [1.54, 1.807) is 0 Å². The highest BCUT2D eigenvalue weighted by molar-refractivity contribution is 5.78. The van der Waals surface area contributed by atoms with Crippen LogP contribution in [0.25, 0.3) is 0 Å². The molecule has 3 unspecified atom stereocenters. The first-order valence-corrected chi connectivity index (χ1v) is 5.11. The number of esters is 1. The van der Waals surface area contributed by atoms with E-state index in [9.17, 15) is 4.79 Å². The molecule has 0 spiro atoms. The molecule has 2 saturated heterocycles. The Morgan fingerprint density at radius 3 is 2.69 bits per heavy atom. The van der Waals surface area contributed by atoms with Crippen molar-refractivity contribution in [2.45, 2.75) is 38.8 Å². The zero-order valence-corrected chi connectivity index (χ0v) is 8.32. The van der Waals surface area contributed by atoms with Crippen molar-refractivity contribution >= 4 is 5.97 Å². The standard InChI is InChI=1S/C10H17NO2/c1-7-3-4-11(6-7)9-5-8(2)13-10(9)12/h7-9H,3-6H2,1-2H3. The van der Waals surface area contributed by atoms with Gasteiger partial charge in [0.2, 0.25) is 0 Å². The summed E-state index contributed by atoms with van der Waals surface area (Å²) in [4.78, 5) is 13.7. The molecule has 2 aliphatic rings. The first-order chi connectivity index (χ1) is 6.16. The van der Waals surface area contributed by atoms with Gasteiger partial charge in [-0.15, -0.1) is 0 Å². The number of hydrogen-bond acceptors (Lipinski definition) is 3. The van der Waals surface area contributed by atoms with Crippen molar-refractivity contribution in [3.63, 3.8) is 0 Å². The van der Waals surface area contributed by atoms with Crippen molar-refractivity contribution in [3.8, 4) is 0 Å². The predicted octanol–water partition coefficient (Wildman–Crippen LogP) is 1.03. The van der Waals surface area contributed by atoms with Gasteiger partial charge in [0.15, 0.2) is 0 Å². The third-order valence-electron chi connectivity index (χ3n) is 3.04. The minimum Gasteiger partial charge on any atom is -0.461 e. The maximum absolute atomic E-state index is 11.4. The van der Waals surface area contributed by atoms with Crippen LogP contribution in [0.4, 0.5) is 0 Å². The average Bonchev–Trinajstić information content (AvgIpc) is 2.58. The summed E-state index contributed by atoms with van der Waals surface area (Å²) in [6, 6.07) is 0.0555. The third-order valence-corrected chi connectivity index (χ3v) is 3.04. The van der Waals surface area contributed by atoms with Crippen LogP contribution in [-0.4, -0.2) is 36.1 Å². The summed E-state index contributed by atoms with van der Waals surface area (Å²) in [5, 5.41) is 0. The van der Waals surface area contributed by atoms with Crippen LogP contribution in [0.3, 0.4) is 0 Å². The highest BCUT2D eigenvalue weighted by Gasteiger charge is 2.38. The molecule has 2 rings (SSSR count). The van der Waals surface area contributed by atoms with Crippen LogP contribution in [-0.2, 0) is 9.53 Å². The molecule has 2 aliphatic heterocycles. The molecule has 2 fully saturated rings. The van der Waals surface area contributed by atoms with Crippen LogP contribution < -0.4 is 0 Å². The molecule has 0 saturated carbocycles. The van der Waals surface area contributed by atoms with Crippen LogP contribution in [0, 0.1) is 5.92 Å². The van der Waals surface area contributed by atoms with Crippen LogP contribution in [0.2, 0.25) is 0 Å². The fraction of sp³-hybridized carbons (Fsp3) is 0.900. The molecule has 0 bridgehead atoms. The second-order valence-corrected chi connectivity index (χ2v) is 4.39. The van der Waals surface area contributed by atoms with Gasteiger partial charge in [-0.2, -0.15) is 0 Å². The van der Waals surface area contributed by atoms with Gasteiger partial charge in [0.05, 0.1) is 0 Å². The Kier molecular flexibility index (Phi) is 2.28. The second-order valence-electron chi connectivity index (χ2n) is 4.39. The summed E-state index contributed by atoms with van der Waals surface area (Å²) in [5.74, 6) is 0.727. The zero-order chi connectivity index (χ0) is 9.42. The van der Waals surface area contributed by atoms with E-state index >= 15 is 0 Å². The Morgan fingerprint density at radius 2 is 2.23 bits per heavy atom. The molecule has 0 radical (unpaired) electrons. The van der Waals surface area contributed by atoms with Crippen molar-refractivity contribution < 1.29 is 9.53 Å². The van der Waals surface area contributed by atoms with Gasteiger partial charge in [0, 0.05) is 13.0 Å². The number of likely N-dealkylation sites (tertiary alicyclic amines) is 1. The lowest BCUT2D eigenvalue weighted by Gasteiger charge is -2.19. The summed E-state index contributed by atoms with van der Waals surface area (Å²) >= 11 is 0.